The number of hydrogen-bond acceptors (Lipinski definition) is 5. The van der Waals surface area contributed by atoms with Crippen molar-refractivity contribution in [3.63, 3.8) is 0 Å². The van der Waals surface area contributed by atoms with Crippen LogP contribution < -0.4 is 5.32 Å². The molecule has 0 aromatic carbocycles. The molecular weight excluding hydrogens is 314 g/mol. The fraction of sp³-hybridized carbons (Fsp3) is 0.474. The maximum Gasteiger partial charge on any atom is 0.146 e. The van der Waals surface area contributed by atoms with Crippen molar-refractivity contribution in [2.45, 2.75) is 34.2 Å². The van der Waals surface area contributed by atoms with E-state index in [0.29, 0.717) is 6.54 Å². The minimum absolute atomic E-state index is 0.680. The van der Waals surface area contributed by atoms with Crippen molar-refractivity contribution in [3.8, 4) is 0 Å². The van der Waals surface area contributed by atoms with Crippen LogP contribution in [-0.4, -0.2) is 45.6 Å². The van der Waals surface area contributed by atoms with Crippen LogP contribution in [0.5, 0.6) is 0 Å². The van der Waals surface area contributed by atoms with Gasteiger partial charge in [-0.25, -0.2) is 9.97 Å². The first-order valence-electron chi connectivity index (χ1n) is 8.94. The molecule has 3 aromatic heterocycles. The van der Waals surface area contributed by atoms with Crippen LogP contribution in [0.25, 0.3) is 11.0 Å². The zero-order valence-corrected chi connectivity index (χ0v) is 15.5. The lowest BCUT2D eigenvalue weighted by atomic mass is 10.2. The third-order valence-electron chi connectivity index (χ3n) is 4.91. The Labute approximate surface area is 148 Å². The van der Waals surface area contributed by atoms with Crippen molar-refractivity contribution in [1.29, 1.82) is 0 Å². The largest absolute Gasteiger partial charge is 0.467 e. The summed E-state index contributed by atoms with van der Waals surface area (Å²) in [6, 6.07) is 3.91. The van der Waals surface area contributed by atoms with Crippen molar-refractivity contribution in [2.75, 3.05) is 31.5 Å². The fourth-order valence-electron chi connectivity index (χ4n) is 3.23. The highest BCUT2D eigenvalue weighted by molar-refractivity contribution is 5.91. The van der Waals surface area contributed by atoms with Gasteiger partial charge in [-0.1, -0.05) is 13.8 Å². The van der Waals surface area contributed by atoms with Gasteiger partial charge in [-0.15, -0.1) is 0 Å². The number of likely N-dealkylation sites (N-methyl/N-ethyl adjacent to an activating group) is 1. The van der Waals surface area contributed by atoms with Gasteiger partial charge in [0.05, 0.1) is 18.2 Å². The molecule has 1 N–H and O–H groups in total. The second-order valence-corrected chi connectivity index (χ2v) is 6.25. The van der Waals surface area contributed by atoms with E-state index in [1.807, 2.05) is 12.1 Å². The van der Waals surface area contributed by atoms with E-state index < -0.39 is 0 Å². The average molecular weight is 341 g/mol. The number of hydrogen-bond donors (Lipinski definition) is 1. The van der Waals surface area contributed by atoms with Crippen molar-refractivity contribution in [1.82, 2.24) is 19.4 Å². The summed E-state index contributed by atoms with van der Waals surface area (Å²) >= 11 is 0. The number of rotatable bonds is 8. The van der Waals surface area contributed by atoms with Gasteiger partial charge >= 0.3 is 0 Å². The van der Waals surface area contributed by atoms with Crippen LogP contribution in [0.15, 0.2) is 29.1 Å². The van der Waals surface area contributed by atoms with E-state index in [1.165, 1.54) is 11.3 Å². The summed E-state index contributed by atoms with van der Waals surface area (Å²) in [6.45, 7) is 13.3. The predicted octanol–water partition coefficient (Wildman–Crippen LogP) is 3.44. The van der Waals surface area contributed by atoms with Gasteiger partial charge in [-0.3, -0.25) is 0 Å². The van der Waals surface area contributed by atoms with Gasteiger partial charge in [0.25, 0.3) is 0 Å². The molecule has 0 amide bonds. The minimum atomic E-state index is 0.680. The Hall–Kier alpha value is -2.34. The Kier molecular flexibility index (Phi) is 5.38. The summed E-state index contributed by atoms with van der Waals surface area (Å²) < 4.78 is 7.71. The van der Waals surface area contributed by atoms with Crippen LogP contribution in [0, 0.1) is 13.8 Å². The van der Waals surface area contributed by atoms with E-state index in [2.05, 4.69) is 52.4 Å². The molecule has 0 atom stereocenters. The molecule has 0 aliphatic carbocycles. The lowest BCUT2D eigenvalue weighted by Crippen LogP contribution is -2.28. The zero-order valence-electron chi connectivity index (χ0n) is 15.5. The SMILES string of the molecule is CCN(CC)CCNc1ncnc2c1c(C)c(C)n2Cc1ccco1. The van der Waals surface area contributed by atoms with E-state index in [9.17, 15) is 0 Å². The standard InChI is InChI=1S/C19H27N5O/c1-5-23(6-2)10-9-20-18-17-14(3)15(4)24(19(17)22-13-21-18)12-16-8-7-11-25-16/h7-8,11,13H,5-6,9-10,12H2,1-4H3,(H,20,21,22). The Morgan fingerprint density at radius 3 is 2.68 bits per heavy atom. The third kappa shape index (κ3) is 3.54. The van der Waals surface area contributed by atoms with Gasteiger partial charge in [0.15, 0.2) is 0 Å². The van der Waals surface area contributed by atoms with Crippen LogP contribution in [0.2, 0.25) is 0 Å². The number of nitrogens with zero attached hydrogens (tertiary/aromatic N) is 4. The molecule has 0 fully saturated rings. The Morgan fingerprint density at radius 2 is 2.00 bits per heavy atom. The van der Waals surface area contributed by atoms with Gasteiger partial charge in [0.2, 0.25) is 0 Å². The second kappa shape index (κ2) is 7.70. The van der Waals surface area contributed by atoms with Crippen LogP contribution in [0.1, 0.15) is 30.9 Å². The molecule has 0 radical (unpaired) electrons. The molecule has 6 heteroatoms. The van der Waals surface area contributed by atoms with Gasteiger partial charge < -0.3 is 19.2 Å². The van der Waals surface area contributed by atoms with Crippen molar-refractivity contribution >= 4 is 16.9 Å². The van der Waals surface area contributed by atoms with E-state index in [1.54, 1.807) is 12.6 Å². The Morgan fingerprint density at radius 1 is 1.20 bits per heavy atom. The number of nitrogens with one attached hydrogen (secondary N) is 1. The molecule has 25 heavy (non-hydrogen) atoms. The molecule has 0 bridgehead atoms. The van der Waals surface area contributed by atoms with E-state index in [4.69, 9.17) is 4.42 Å². The van der Waals surface area contributed by atoms with Crippen LogP contribution in [0.4, 0.5) is 5.82 Å². The number of fused-ring (bicyclic) bond motifs is 1. The Bertz CT molecular complexity index is 818. The van der Waals surface area contributed by atoms with Gasteiger partial charge in [-0.2, -0.15) is 0 Å². The highest BCUT2D eigenvalue weighted by atomic mass is 16.3. The summed E-state index contributed by atoms with van der Waals surface area (Å²) in [5.41, 5.74) is 3.36. The smallest absolute Gasteiger partial charge is 0.146 e. The first kappa shape index (κ1) is 17.5. The molecule has 134 valence electrons. The molecule has 6 nitrogen and oxygen atoms in total. The molecule has 0 spiro atoms. The summed E-state index contributed by atoms with van der Waals surface area (Å²) in [6.07, 6.45) is 3.35. The first-order valence-corrected chi connectivity index (χ1v) is 8.94. The first-order chi connectivity index (χ1) is 12.2. The minimum Gasteiger partial charge on any atom is -0.467 e. The quantitative estimate of drug-likeness (QED) is 0.680. The topological polar surface area (TPSA) is 59.1 Å². The highest BCUT2D eigenvalue weighted by Gasteiger charge is 2.17. The fourth-order valence-corrected chi connectivity index (χ4v) is 3.23. The van der Waals surface area contributed by atoms with Crippen molar-refractivity contribution in [2.24, 2.45) is 0 Å². The lowest BCUT2D eigenvalue weighted by molar-refractivity contribution is 0.316. The predicted molar refractivity (Wildman–Crippen MR) is 101 cm³/mol. The van der Waals surface area contributed by atoms with E-state index >= 15 is 0 Å². The summed E-state index contributed by atoms with van der Waals surface area (Å²) in [5.74, 6) is 1.84. The average Bonchev–Trinajstić information content (AvgIpc) is 3.22. The molecular formula is C19H27N5O. The molecule has 0 saturated carbocycles. The van der Waals surface area contributed by atoms with Gasteiger partial charge in [0.1, 0.15) is 23.6 Å². The molecule has 3 aromatic rings. The normalized spacial score (nSPS) is 11.6. The van der Waals surface area contributed by atoms with Crippen LogP contribution in [-0.2, 0) is 6.54 Å². The maximum atomic E-state index is 5.51. The van der Waals surface area contributed by atoms with Crippen LogP contribution in [0.3, 0.4) is 0 Å². The van der Waals surface area contributed by atoms with Crippen molar-refractivity contribution in [3.05, 3.63) is 41.7 Å². The molecule has 0 aliphatic heterocycles. The zero-order chi connectivity index (χ0) is 17.8. The lowest BCUT2D eigenvalue weighted by Gasteiger charge is -2.18. The molecule has 3 heterocycles. The number of aryl methyl sites for hydroxylation is 1. The molecule has 3 rings (SSSR count). The maximum absolute atomic E-state index is 5.51. The Balaban J connectivity index is 1.88. The highest BCUT2D eigenvalue weighted by Crippen LogP contribution is 2.29. The second-order valence-electron chi connectivity index (χ2n) is 6.25. The number of aromatic nitrogens is 3. The molecule has 0 aliphatic rings. The third-order valence-corrected chi connectivity index (χ3v) is 4.91. The molecule has 0 unspecified atom stereocenters. The van der Waals surface area contributed by atoms with Gasteiger partial charge in [0, 0.05) is 18.8 Å². The monoisotopic (exact) mass is 341 g/mol. The number of anilines is 1. The number of furan rings is 1. The summed E-state index contributed by atoms with van der Waals surface area (Å²) in [5, 5.41) is 4.60. The van der Waals surface area contributed by atoms with E-state index in [0.717, 1.165) is 48.8 Å². The summed E-state index contributed by atoms with van der Waals surface area (Å²) in [7, 11) is 0. The van der Waals surface area contributed by atoms with Crippen molar-refractivity contribution < 1.29 is 4.42 Å². The van der Waals surface area contributed by atoms with Crippen LogP contribution >= 0.6 is 0 Å². The van der Waals surface area contributed by atoms with Gasteiger partial charge in [-0.05, 0) is 44.6 Å². The molecule has 0 saturated heterocycles. The van der Waals surface area contributed by atoms with E-state index in [-0.39, 0.29) is 0 Å². The summed E-state index contributed by atoms with van der Waals surface area (Å²) in [4.78, 5) is 11.4.